The Morgan fingerprint density at radius 2 is 1.92 bits per heavy atom. The van der Waals surface area contributed by atoms with Crippen LogP contribution in [-0.4, -0.2) is 20.0 Å². The zero-order valence-corrected chi connectivity index (χ0v) is 13.0. The van der Waals surface area contributed by atoms with E-state index < -0.39 is 15.6 Å². The number of carbonyl (C=O) groups is 1. The lowest BCUT2D eigenvalue weighted by atomic mass is 10.0. The number of benzene rings is 1. The van der Waals surface area contributed by atoms with Crippen LogP contribution in [0.25, 0.3) is 6.08 Å². The second kappa shape index (κ2) is 5.00. The highest BCUT2D eigenvalue weighted by molar-refractivity contribution is 7.90. The van der Waals surface area contributed by atoms with Gasteiger partial charge in [-0.2, -0.15) is 8.42 Å². The van der Waals surface area contributed by atoms with Crippen molar-refractivity contribution in [2.75, 3.05) is 5.32 Å². The predicted molar refractivity (Wildman–Crippen MR) is 86.5 cm³/mol. The molecule has 1 aromatic heterocycles. The van der Waals surface area contributed by atoms with Gasteiger partial charge in [0.2, 0.25) is 0 Å². The molecule has 0 saturated carbocycles. The quantitative estimate of drug-likeness (QED) is 0.838. The zero-order chi connectivity index (χ0) is 16.9. The molecule has 1 N–H and O–H groups in total. The van der Waals surface area contributed by atoms with E-state index in [1.165, 1.54) is 24.3 Å². The van der Waals surface area contributed by atoms with Gasteiger partial charge in [-0.1, -0.05) is 12.1 Å². The first-order valence-corrected chi connectivity index (χ1v) is 8.47. The van der Waals surface area contributed by atoms with Gasteiger partial charge in [0.15, 0.2) is 11.6 Å². The fourth-order valence-corrected chi connectivity index (χ4v) is 3.73. The molecule has 0 amide bonds. The molecule has 0 saturated heterocycles. The van der Waals surface area contributed by atoms with Gasteiger partial charge in [0.1, 0.15) is 16.2 Å². The fourth-order valence-electron chi connectivity index (χ4n) is 2.60. The van der Waals surface area contributed by atoms with Crippen molar-refractivity contribution in [2.45, 2.75) is 11.3 Å². The van der Waals surface area contributed by atoms with Crippen molar-refractivity contribution in [3.8, 4) is 0 Å². The maximum atomic E-state index is 12.3. The van der Waals surface area contributed by atoms with Crippen LogP contribution in [0, 0.1) is 0 Å². The first-order valence-electron chi connectivity index (χ1n) is 7.03. The normalized spacial score (nSPS) is 17.5. The Bertz CT molecular complexity index is 1110. The van der Waals surface area contributed by atoms with E-state index >= 15 is 0 Å². The van der Waals surface area contributed by atoms with Gasteiger partial charge in [-0.05, 0) is 30.4 Å². The van der Waals surface area contributed by atoms with Crippen molar-refractivity contribution in [1.29, 1.82) is 0 Å². The molecule has 4 rings (SSSR count). The number of rotatable bonds is 1. The summed E-state index contributed by atoms with van der Waals surface area (Å²) >= 11 is 0. The Morgan fingerprint density at radius 1 is 1.12 bits per heavy atom. The van der Waals surface area contributed by atoms with Crippen LogP contribution in [-0.2, 0) is 21.2 Å². The molecule has 0 unspecified atom stereocenters. The molecule has 1 aromatic carbocycles. The highest BCUT2D eigenvalue weighted by atomic mass is 32.2. The average Bonchev–Trinajstić information content (AvgIpc) is 2.53. The van der Waals surface area contributed by atoms with Crippen molar-refractivity contribution in [2.24, 2.45) is 4.40 Å². The Kier molecular flexibility index (Phi) is 3.04. The summed E-state index contributed by atoms with van der Waals surface area (Å²) in [6, 6.07) is 7.75. The van der Waals surface area contributed by atoms with E-state index in [0.717, 1.165) is 0 Å². The number of hydrogen-bond acceptors (Lipinski definition) is 6. The van der Waals surface area contributed by atoms with E-state index in [1.54, 1.807) is 18.2 Å². The van der Waals surface area contributed by atoms with Crippen molar-refractivity contribution in [3.63, 3.8) is 0 Å². The van der Waals surface area contributed by atoms with Crippen LogP contribution in [0.15, 0.2) is 54.9 Å². The molecule has 2 aromatic rings. The average molecular weight is 342 g/mol. The number of hydrogen-bond donors (Lipinski definition) is 1. The Morgan fingerprint density at radius 3 is 2.75 bits per heavy atom. The molecule has 0 bridgehead atoms. The SMILES string of the molecule is O=C1C=Cc2cc(C3=NS(=O)(=O)c4ccccc4N3)c(=O)oc2C1. The van der Waals surface area contributed by atoms with Gasteiger partial charge in [-0.15, -0.1) is 4.40 Å². The summed E-state index contributed by atoms with van der Waals surface area (Å²) in [7, 11) is -3.91. The van der Waals surface area contributed by atoms with E-state index in [4.69, 9.17) is 4.42 Å². The fraction of sp³-hybridized carbons (Fsp3) is 0.0625. The number of sulfonamides is 1. The minimum absolute atomic E-state index is 0.00237. The number of nitrogens with one attached hydrogen (secondary N) is 1. The van der Waals surface area contributed by atoms with Crippen LogP contribution in [0.3, 0.4) is 0 Å². The van der Waals surface area contributed by atoms with Crippen LogP contribution in [0.2, 0.25) is 0 Å². The second-order valence-electron chi connectivity index (χ2n) is 5.34. The minimum Gasteiger partial charge on any atom is -0.426 e. The molecule has 24 heavy (non-hydrogen) atoms. The maximum Gasteiger partial charge on any atom is 0.347 e. The summed E-state index contributed by atoms with van der Waals surface area (Å²) in [5.74, 6) is -0.00509. The second-order valence-corrected chi connectivity index (χ2v) is 6.91. The third kappa shape index (κ3) is 2.28. The minimum atomic E-state index is -3.91. The van der Waals surface area contributed by atoms with Crippen LogP contribution in [0.1, 0.15) is 16.9 Å². The van der Waals surface area contributed by atoms with Crippen molar-refractivity contribution in [1.82, 2.24) is 0 Å². The van der Waals surface area contributed by atoms with Crippen LogP contribution >= 0.6 is 0 Å². The number of allylic oxidation sites excluding steroid dienone is 1. The van der Waals surface area contributed by atoms with Gasteiger partial charge in [0, 0.05) is 5.56 Å². The summed E-state index contributed by atoms with van der Waals surface area (Å²) < 4.78 is 33.4. The molecule has 0 spiro atoms. The predicted octanol–water partition coefficient (Wildman–Crippen LogP) is 1.34. The number of para-hydroxylation sites is 1. The summed E-state index contributed by atoms with van der Waals surface area (Å²) in [5, 5.41) is 2.85. The molecule has 2 heterocycles. The molecule has 2 aliphatic rings. The Balaban J connectivity index is 1.88. The molecule has 7 nitrogen and oxygen atoms in total. The highest BCUT2D eigenvalue weighted by Gasteiger charge is 2.27. The summed E-state index contributed by atoms with van der Waals surface area (Å²) in [6.45, 7) is 0. The first kappa shape index (κ1) is 14.6. The number of ketones is 1. The number of nitrogens with zero attached hydrogens (tertiary/aromatic N) is 1. The molecule has 8 heteroatoms. The largest absolute Gasteiger partial charge is 0.426 e. The third-order valence-corrected chi connectivity index (χ3v) is 5.06. The Hall–Kier alpha value is -3.00. The molecular formula is C16H10N2O5S. The van der Waals surface area contributed by atoms with Gasteiger partial charge < -0.3 is 9.73 Å². The summed E-state index contributed by atoms with van der Waals surface area (Å²) in [5.41, 5.74) is 0.124. The van der Waals surface area contributed by atoms with Gasteiger partial charge in [0.05, 0.1) is 12.1 Å². The molecule has 1 aliphatic heterocycles. The summed E-state index contributed by atoms with van der Waals surface area (Å²) in [4.78, 5) is 23.6. The van der Waals surface area contributed by atoms with Gasteiger partial charge in [-0.3, -0.25) is 4.79 Å². The Labute approximate surface area is 136 Å². The standard InChI is InChI=1S/C16H10N2O5S/c19-10-6-5-9-7-11(16(20)23-13(9)8-10)15-17-12-3-1-2-4-14(12)24(21,22)18-15/h1-7H,8H2,(H,17,18). The molecular weight excluding hydrogens is 332 g/mol. The maximum absolute atomic E-state index is 12.3. The monoisotopic (exact) mass is 342 g/mol. The van der Waals surface area contributed by atoms with Gasteiger partial charge in [-0.25, -0.2) is 4.79 Å². The molecule has 1 aliphatic carbocycles. The topological polar surface area (TPSA) is 106 Å². The molecule has 0 radical (unpaired) electrons. The van der Waals surface area contributed by atoms with Crippen molar-refractivity contribution < 1.29 is 17.6 Å². The van der Waals surface area contributed by atoms with Crippen LogP contribution in [0.5, 0.6) is 0 Å². The van der Waals surface area contributed by atoms with Crippen molar-refractivity contribution in [3.05, 3.63) is 63.7 Å². The molecule has 0 atom stereocenters. The third-order valence-electron chi connectivity index (χ3n) is 3.73. The number of fused-ring (bicyclic) bond motifs is 2. The molecule has 0 fully saturated rings. The molecule has 120 valence electrons. The lowest BCUT2D eigenvalue weighted by Crippen LogP contribution is -2.28. The van der Waals surface area contributed by atoms with Crippen molar-refractivity contribution >= 4 is 33.4 Å². The lowest BCUT2D eigenvalue weighted by Gasteiger charge is -2.18. The zero-order valence-electron chi connectivity index (χ0n) is 12.1. The van der Waals surface area contributed by atoms with Crippen LogP contribution < -0.4 is 10.9 Å². The first-order chi connectivity index (χ1) is 11.4. The number of carbonyl (C=O) groups excluding carboxylic acids is 1. The smallest absolute Gasteiger partial charge is 0.347 e. The summed E-state index contributed by atoms with van der Waals surface area (Å²) in [6.07, 6.45) is 2.91. The van der Waals surface area contributed by atoms with E-state index in [9.17, 15) is 18.0 Å². The highest BCUT2D eigenvalue weighted by Crippen LogP contribution is 2.28. The van der Waals surface area contributed by atoms with E-state index in [1.807, 2.05) is 0 Å². The van der Waals surface area contributed by atoms with E-state index in [-0.39, 0.29) is 34.3 Å². The number of amidine groups is 1. The lowest BCUT2D eigenvalue weighted by molar-refractivity contribution is -0.114. The van der Waals surface area contributed by atoms with Gasteiger partial charge >= 0.3 is 5.63 Å². The van der Waals surface area contributed by atoms with Gasteiger partial charge in [0.25, 0.3) is 10.0 Å². The van der Waals surface area contributed by atoms with E-state index in [0.29, 0.717) is 11.3 Å². The number of anilines is 1. The van der Waals surface area contributed by atoms with E-state index in [2.05, 4.69) is 9.71 Å². The van der Waals surface area contributed by atoms with Crippen LogP contribution in [0.4, 0.5) is 5.69 Å².